The molecule has 4 nitrogen and oxygen atoms in total. The van der Waals surface area contributed by atoms with Crippen LogP contribution in [-0.2, 0) is 15.1 Å². The lowest BCUT2D eigenvalue weighted by Crippen LogP contribution is -2.36. The molecule has 1 aliphatic rings. The van der Waals surface area contributed by atoms with Crippen molar-refractivity contribution in [2.45, 2.75) is 51.7 Å². The average molecular weight is 222 g/mol. The van der Waals surface area contributed by atoms with Crippen molar-refractivity contribution in [2.75, 3.05) is 0 Å². The van der Waals surface area contributed by atoms with Gasteiger partial charge in [0.05, 0.1) is 0 Å². The number of hydrogen-bond donors (Lipinski definition) is 0. The van der Waals surface area contributed by atoms with Gasteiger partial charge in [-0.05, 0) is 46.6 Å². The van der Waals surface area contributed by atoms with Gasteiger partial charge in [0.25, 0.3) is 0 Å². The molecule has 0 amide bonds. The Labute approximate surface area is 95.6 Å². The smallest absolute Gasteiger partial charge is 0.334 e. The number of esters is 1. The maximum Gasteiger partial charge on any atom is 0.334 e. The van der Waals surface area contributed by atoms with E-state index >= 15 is 0 Å². The number of rotatable bonds is 2. The summed E-state index contributed by atoms with van der Waals surface area (Å²) < 4.78 is 7.24. The molecule has 0 atom stereocenters. The molecule has 0 aliphatic heterocycles. The molecule has 1 aliphatic carbocycles. The van der Waals surface area contributed by atoms with Crippen LogP contribution in [0, 0.1) is 6.92 Å². The lowest BCUT2D eigenvalue weighted by Gasteiger charge is -2.24. The zero-order valence-corrected chi connectivity index (χ0v) is 10.3. The molecule has 0 radical (unpaired) electrons. The molecular formula is C12H18N2O2. The van der Waals surface area contributed by atoms with Gasteiger partial charge in [-0.25, -0.2) is 4.79 Å². The third kappa shape index (κ3) is 1.84. The molecule has 1 fully saturated rings. The Bertz CT molecular complexity index is 411. The number of hydrogen-bond acceptors (Lipinski definition) is 3. The number of aromatic nitrogens is 2. The number of nitrogens with zero attached hydrogens (tertiary/aromatic N) is 2. The van der Waals surface area contributed by atoms with E-state index in [1.807, 2.05) is 33.8 Å². The quantitative estimate of drug-likeness (QED) is 0.719. The third-order valence-electron chi connectivity index (χ3n) is 2.74. The molecule has 0 bridgehead atoms. The Morgan fingerprint density at radius 2 is 2.12 bits per heavy atom. The molecule has 1 heterocycles. The van der Waals surface area contributed by atoms with Crippen molar-refractivity contribution >= 4 is 5.97 Å². The van der Waals surface area contributed by atoms with Crippen LogP contribution in [0.2, 0.25) is 0 Å². The first-order valence-corrected chi connectivity index (χ1v) is 5.60. The molecule has 0 spiro atoms. The largest absolute Gasteiger partial charge is 0.458 e. The fraction of sp³-hybridized carbons (Fsp3) is 0.667. The van der Waals surface area contributed by atoms with E-state index in [1.165, 1.54) is 0 Å². The monoisotopic (exact) mass is 222 g/mol. The van der Waals surface area contributed by atoms with Gasteiger partial charge in [-0.3, -0.25) is 4.68 Å². The second-order valence-corrected chi connectivity index (χ2v) is 5.42. The number of aryl methyl sites for hydroxylation is 1. The number of ether oxygens (including phenoxy) is 1. The molecule has 1 saturated carbocycles. The summed E-state index contributed by atoms with van der Waals surface area (Å²) in [5, 5.41) is 4.22. The minimum atomic E-state index is -0.527. The zero-order valence-electron chi connectivity index (χ0n) is 10.3. The molecule has 0 N–H and O–H groups in total. The molecule has 4 heteroatoms. The molecule has 1 aromatic heterocycles. The van der Waals surface area contributed by atoms with Gasteiger partial charge < -0.3 is 4.74 Å². The van der Waals surface area contributed by atoms with Gasteiger partial charge in [-0.15, -0.1) is 0 Å². The van der Waals surface area contributed by atoms with Gasteiger partial charge in [-0.2, -0.15) is 5.10 Å². The Kier molecular flexibility index (Phi) is 2.33. The predicted molar refractivity (Wildman–Crippen MR) is 60.0 cm³/mol. The molecule has 1 aromatic rings. The summed E-state index contributed by atoms with van der Waals surface area (Å²) in [6, 6.07) is 1.91. The summed E-state index contributed by atoms with van der Waals surface area (Å²) in [5.41, 5.74) is 0.0394. The highest BCUT2D eigenvalue weighted by Gasteiger charge is 2.55. The van der Waals surface area contributed by atoms with Crippen LogP contribution in [0.4, 0.5) is 0 Å². The van der Waals surface area contributed by atoms with Crippen LogP contribution in [0.3, 0.4) is 0 Å². The van der Waals surface area contributed by atoms with Crippen molar-refractivity contribution in [2.24, 2.45) is 0 Å². The second kappa shape index (κ2) is 3.34. The minimum Gasteiger partial charge on any atom is -0.458 e. The topological polar surface area (TPSA) is 44.1 Å². The lowest BCUT2D eigenvalue weighted by molar-refractivity contribution is -0.161. The van der Waals surface area contributed by atoms with E-state index in [9.17, 15) is 4.79 Å². The average Bonchev–Trinajstić information content (AvgIpc) is 2.82. The van der Waals surface area contributed by atoms with E-state index in [1.54, 1.807) is 10.9 Å². The van der Waals surface area contributed by atoms with Gasteiger partial charge in [-0.1, -0.05) is 0 Å². The minimum absolute atomic E-state index is 0.160. The third-order valence-corrected chi connectivity index (χ3v) is 2.74. The molecule has 2 rings (SSSR count). The van der Waals surface area contributed by atoms with E-state index in [0.29, 0.717) is 0 Å². The van der Waals surface area contributed by atoms with Crippen molar-refractivity contribution in [3.05, 3.63) is 18.0 Å². The van der Waals surface area contributed by atoms with Crippen molar-refractivity contribution in [3.63, 3.8) is 0 Å². The maximum atomic E-state index is 12.1. The highest BCUT2D eigenvalue weighted by atomic mass is 16.6. The summed E-state index contributed by atoms with van der Waals surface area (Å²) in [6.45, 7) is 7.61. The molecule has 88 valence electrons. The van der Waals surface area contributed by atoms with Gasteiger partial charge in [0, 0.05) is 11.9 Å². The number of carbonyl (C=O) groups excluding carboxylic acids is 1. The van der Waals surface area contributed by atoms with Crippen molar-refractivity contribution < 1.29 is 9.53 Å². The first kappa shape index (κ1) is 11.2. The van der Waals surface area contributed by atoms with E-state index in [-0.39, 0.29) is 5.97 Å². The van der Waals surface area contributed by atoms with Crippen LogP contribution in [0.1, 0.15) is 39.3 Å². The Morgan fingerprint density at radius 1 is 1.50 bits per heavy atom. The highest BCUT2D eigenvalue weighted by Crippen LogP contribution is 2.45. The normalized spacial score (nSPS) is 18.2. The van der Waals surface area contributed by atoms with Crippen LogP contribution in [-0.4, -0.2) is 21.4 Å². The Hall–Kier alpha value is -1.32. The second-order valence-electron chi connectivity index (χ2n) is 5.42. The van der Waals surface area contributed by atoms with Crippen LogP contribution >= 0.6 is 0 Å². The lowest BCUT2D eigenvalue weighted by atomic mass is 10.2. The van der Waals surface area contributed by atoms with Gasteiger partial charge >= 0.3 is 5.97 Å². The fourth-order valence-corrected chi connectivity index (χ4v) is 1.81. The van der Waals surface area contributed by atoms with Crippen LogP contribution in [0.15, 0.2) is 12.3 Å². The van der Waals surface area contributed by atoms with E-state index in [0.717, 1.165) is 18.5 Å². The number of carbonyl (C=O) groups is 1. The van der Waals surface area contributed by atoms with E-state index in [4.69, 9.17) is 4.74 Å². The molecule has 0 unspecified atom stereocenters. The van der Waals surface area contributed by atoms with E-state index in [2.05, 4.69) is 5.10 Å². The summed E-state index contributed by atoms with van der Waals surface area (Å²) in [7, 11) is 0. The first-order chi connectivity index (χ1) is 7.35. The summed E-state index contributed by atoms with van der Waals surface area (Å²) >= 11 is 0. The first-order valence-electron chi connectivity index (χ1n) is 5.60. The van der Waals surface area contributed by atoms with Crippen molar-refractivity contribution in [1.29, 1.82) is 0 Å². The predicted octanol–water partition coefficient (Wildman–Crippen LogP) is 2.02. The molecule has 16 heavy (non-hydrogen) atoms. The van der Waals surface area contributed by atoms with Crippen molar-refractivity contribution in [1.82, 2.24) is 9.78 Å². The molecule has 0 saturated heterocycles. The Morgan fingerprint density at radius 3 is 2.50 bits per heavy atom. The highest BCUT2D eigenvalue weighted by molar-refractivity contribution is 5.82. The van der Waals surface area contributed by atoms with Crippen LogP contribution < -0.4 is 0 Å². The SMILES string of the molecule is Cc1ccnn1C1(C(=O)OC(C)(C)C)CC1. The standard InChI is InChI=1S/C12H18N2O2/c1-9-5-8-13-14(9)12(6-7-12)10(15)16-11(2,3)4/h5,8H,6-7H2,1-4H3. The summed E-state index contributed by atoms with van der Waals surface area (Å²) in [5.74, 6) is -0.160. The van der Waals surface area contributed by atoms with E-state index < -0.39 is 11.1 Å². The zero-order chi connectivity index (χ0) is 12.0. The van der Waals surface area contributed by atoms with Crippen LogP contribution in [0.5, 0.6) is 0 Å². The Balaban J connectivity index is 2.21. The molecular weight excluding hydrogens is 204 g/mol. The van der Waals surface area contributed by atoms with Gasteiger partial charge in [0.15, 0.2) is 5.54 Å². The van der Waals surface area contributed by atoms with Crippen molar-refractivity contribution in [3.8, 4) is 0 Å². The maximum absolute atomic E-state index is 12.1. The van der Waals surface area contributed by atoms with Crippen LogP contribution in [0.25, 0.3) is 0 Å². The molecule has 0 aromatic carbocycles. The summed E-state index contributed by atoms with van der Waals surface area (Å²) in [6.07, 6.45) is 3.37. The van der Waals surface area contributed by atoms with Gasteiger partial charge in [0.2, 0.25) is 0 Å². The van der Waals surface area contributed by atoms with Gasteiger partial charge in [0.1, 0.15) is 5.60 Å². The fourth-order valence-electron chi connectivity index (χ4n) is 1.81. The summed E-state index contributed by atoms with van der Waals surface area (Å²) in [4.78, 5) is 12.1.